The summed E-state index contributed by atoms with van der Waals surface area (Å²) >= 11 is 0. The van der Waals surface area contributed by atoms with Crippen LogP contribution in [0.1, 0.15) is 44.9 Å². The maximum Gasteiger partial charge on any atom is 0.224 e. The minimum Gasteiger partial charge on any atom is -0.369 e. The zero-order chi connectivity index (χ0) is 17.7. The van der Waals surface area contributed by atoms with E-state index in [0.717, 1.165) is 25.9 Å². The topological polar surface area (TPSA) is 57.1 Å². The third kappa shape index (κ3) is 4.56. The number of nitrogens with one attached hydrogen (secondary N) is 1. The summed E-state index contributed by atoms with van der Waals surface area (Å²) in [6.45, 7) is 1.77. The van der Waals surface area contributed by atoms with Gasteiger partial charge >= 0.3 is 0 Å². The summed E-state index contributed by atoms with van der Waals surface area (Å²) in [6, 6.07) is 4.89. The van der Waals surface area contributed by atoms with Gasteiger partial charge in [-0.2, -0.15) is 10.2 Å². The van der Waals surface area contributed by atoms with Crippen LogP contribution in [0.15, 0.2) is 28.4 Å². The number of hydrogen-bond donors (Lipinski definition) is 1. The Labute approximate surface area is 147 Å². The van der Waals surface area contributed by atoms with Crippen molar-refractivity contribution >= 4 is 17.3 Å². The molecule has 0 atom stereocenters. The van der Waals surface area contributed by atoms with Crippen LogP contribution in [-0.4, -0.2) is 24.7 Å². The number of carbonyl (C=O) groups excluding carboxylic acids is 1. The molecule has 1 aromatic rings. The molecular weight excluding hydrogens is 319 g/mol. The zero-order valence-corrected chi connectivity index (χ0v) is 14.3. The predicted molar refractivity (Wildman–Crippen MR) is 96.0 cm³/mol. The van der Waals surface area contributed by atoms with E-state index in [1.165, 1.54) is 12.5 Å². The first kappa shape index (κ1) is 17.4. The van der Waals surface area contributed by atoms with Crippen molar-refractivity contribution < 1.29 is 9.18 Å². The molecular formula is C19H23FN4O. The van der Waals surface area contributed by atoms with Gasteiger partial charge in [0.25, 0.3) is 0 Å². The van der Waals surface area contributed by atoms with Crippen molar-refractivity contribution in [2.24, 2.45) is 10.2 Å². The quantitative estimate of drug-likeness (QED) is 0.758. The molecule has 132 valence electrons. The van der Waals surface area contributed by atoms with Crippen molar-refractivity contribution in [3.05, 3.63) is 24.0 Å². The second-order valence-electron chi connectivity index (χ2n) is 6.65. The smallest absolute Gasteiger partial charge is 0.224 e. The summed E-state index contributed by atoms with van der Waals surface area (Å²) < 4.78 is 14.4. The number of nitrogens with zero attached hydrogens (tertiary/aromatic N) is 3. The van der Waals surface area contributed by atoms with E-state index in [1.807, 2.05) is 0 Å². The number of halogens is 1. The fourth-order valence-electron chi connectivity index (χ4n) is 3.18. The lowest BCUT2D eigenvalue weighted by atomic mass is 10.0. The Hall–Kier alpha value is -2.42. The molecule has 25 heavy (non-hydrogen) atoms. The van der Waals surface area contributed by atoms with E-state index < -0.39 is 5.66 Å². The second kappa shape index (κ2) is 7.64. The number of hydrogen-bond acceptors (Lipinski definition) is 4. The van der Waals surface area contributed by atoms with Crippen LogP contribution in [0.4, 0.5) is 15.8 Å². The van der Waals surface area contributed by atoms with Gasteiger partial charge in [0, 0.05) is 44.5 Å². The minimum absolute atomic E-state index is 0.164. The Morgan fingerprint density at radius 1 is 1.28 bits per heavy atom. The first-order chi connectivity index (χ1) is 12.1. The highest BCUT2D eigenvalue weighted by Gasteiger charge is 2.39. The lowest BCUT2D eigenvalue weighted by Crippen LogP contribution is -2.30. The van der Waals surface area contributed by atoms with Gasteiger partial charge in [0.15, 0.2) is 5.66 Å². The molecule has 0 spiro atoms. The molecule has 1 N–H and O–H groups in total. The summed E-state index contributed by atoms with van der Waals surface area (Å²) in [5.41, 5.74) is 0.625. The van der Waals surface area contributed by atoms with Gasteiger partial charge < -0.3 is 10.2 Å². The summed E-state index contributed by atoms with van der Waals surface area (Å²) in [5, 5.41) is 10.8. The maximum atomic E-state index is 14.4. The lowest BCUT2D eigenvalue weighted by molar-refractivity contribution is -0.116. The van der Waals surface area contributed by atoms with E-state index in [2.05, 4.69) is 26.4 Å². The van der Waals surface area contributed by atoms with E-state index in [-0.39, 0.29) is 18.1 Å². The molecule has 0 aliphatic carbocycles. The first-order valence-corrected chi connectivity index (χ1v) is 8.84. The molecule has 0 saturated carbocycles. The lowest BCUT2D eigenvalue weighted by Gasteiger charge is -2.29. The molecule has 0 bridgehead atoms. The number of amides is 1. The molecule has 0 unspecified atom stereocenters. The number of piperidine rings is 1. The summed E-state index contributed by atoms with van der Waals surface area (Å²) in [4.78, 5) is 14.2. The van der Waals surface area contributed by atoms with Gasteiger partial charge in [0.05, 0.1) is 5.69 Å². The zero-order valence-electron chi connectivity index (χ0n) is 14.3. The first-order valence-electron chi connectivity index (χ1n) is 8.84. The molecule has 0 radical (unpaired) electrons. The Morgan fingerprint density at radius 3 is 2.68 bits per heavy atom. The van der Waals surface area contributed by atoms with Crippen LogP contribution in [0.3, 0.4) is 0 Å². The number of benzene rings is 1. The van der Waals surface area contributed by atoms with E-state index in [9.17, 15) is 9.18 Å². The molecule has 3 rings (SSSR count). The Morgan fingerprint density at radius 2 is 2.04 bits per heavy atom. The number of anilines is 2. The van der Waals surface area contributed by atoms with Gasteiger partial charge in [-0.25, -0.2) is 4.39 Å². The highest BCUT2D eigenvalue weighted by molar-refractivity contribution is 5.91. The summed E-state index contributed by atoms with van der Waals surface area (Å²) in [6.07, 6.45) is 10.7. The maximum absolute atomic E-state index is 14.4. The van der Waals surface area contributed by atoms with Gasteiger partial charge in [0.1, 0.15) is 5.82 Å². The van der Waals surface area contributed by atoms with Crippen molar-refractivity contribution in [3.63, 3.8) is 0 Å². The highest BCUT2D eigenvalue weighted by atomic mass is 19.1. The van der Waals surface area contributed by atoms with Crippen molar-refractivity contribution in [1.29, 1.82) is 0 Å². The van der Waals surface area contributed by atoms with E-state index in [0.29, 0.717) is 30.6 Å². The fraction of sp³-hybridized carbons (Fsp3) is 0.526. The number of rotatable bonds is 7. The van der Waals surface area contributed by atoms with E-state index in [4.69, 9.17) is 6.42 Å². The molecule has 2 aliphatic rings. The van der Waals surface area contributed by atoms with Gasteiger partial charge in [-0.3, -0.25) is 4.79 Å². The second-order valence-corrected chi connectivity index (χ2v) is 6.65. The van der Waals surface area contributed by atoms with Gasteiger partial charge in [0.2, 0.25) is 5.91 Å². The van der Waals surface area contributed by atoms with Crippen LogP contribution in [0.25, 0.3) is 0 Å². The molecule has 0 aromatic heterocycles. The SMILES string of the molecule is C#CCCC1(CCC(=O)Nc2ccc(N3CCCCC3)c(F)c2)N=N1. The van der Waals surface area contributed by atoms with Gasteiger partial charge in [-0.15, -0.1) is 12.3 Å². The predicted octanol–water partition coefficient (Wildman–Crippen LogP) is 4.11. The molecule has 1 amide bonds. The molecule has 1 fully saturated rings. The third-order valence-electron chi connectivity index (χ3n) is 4.73. The Balaban J connectivity index is 1.51. The largest absolute Gasteiger partial charge is 0.369 e. The summed E-state index contributed by atoms with van der Waals surface area (Å²) in [5.74, 6) is 2.11. The van der Waals surface area contributed by atoms with Crippen molar-refractivity contribution in [3.8, 4) is 12.3 Å². The van der Waals surface area contributed by atoms with Crippen LogP contribution in [0.2, 0.25) is 0 Å². The van der Waals surface area contributed by atoms with Gasteiger partial charge in [-0.1, -0.05) is 0 Å². The van der Waals surface area contributed by atoms with E-state index in [1.54, 1.807) is 12.1 Å². The van der Waals surface area contributed by atoms with E-state index >= 15 is 0 Å². The Kier molecular flexibility index (Phi) is 5.32. The number of terminal acetylenes is 1. The molecule has 5 nitrogen and oxygen atoms in total. The van der Waals surface area contributed by atoms with Crippen LogP contribution < -0.4 is 10.2 Å². The molecule has 1 aromatic carbocycles. The summed E-state index contributed by atoms with van der Waals surface area (Å²) in [7, 11) is 0. The van der Waals surface area contributed by atoms with Crippen LogP contribution in [0.5, 0.6) is 0 Å². The van der Waals surface area contributed by atoms with Crippen molar-refractivity contribution in [2.45, 2.75) is 50.6 Å². The molecule has 2 heterocycles. The molecule has 6 heteroatoms. The van der Waals surface area contributed by atoms with Crippen LogP contribution >= 0.6 is 0 Å². The average Bonchev–Trinajstić information content (AvgIpc) is 3.40. The number of carbonyl (C=O) groups is 1. The molecule has 2 aliphatic heterocycles. The van der Waals surface area contributed by atoms with Crippen LogP contribution in [-0.2, 0) is 4.79 Å². The van der Waals surface area contributed by atoms with Crippen LogP contribution in [0, 0.1) is 18.2 Å². The third-order valence-corrected chi connectivity index (χ3v) is 4.73. The highest BCUT2D eigenvalue weighted by Crippen LogP contribution is 2.37. The standard InChI is InChI=1S/C19H23FN4O/c1-2-3-10-19(22-23-19)11-9-18(25)21-15-7-8-17(16(20)14-15)24-12-5-4-6-13-24/h1,7-8,14H,3-6,9-13H2,(H,21,25). The fourth-order valence-corrected chi connectivity index (χ4v) is 3.18. The van der Waals surface area contributed by atoms with Crippen molar-refractivity contribution in [1.82, 2.24) is 0 Å². The normalized spacial score (nSPS) is 17.8. The molecule has 1 saturated heterocycles. The Bertz CT molecular complexity index is 698. The van der Waals surface area contributed by atoms with Crippen molar-refractivity contribution in [2.75, 3.05) is 23.3 Å². The van der Waals surface area contributed by atoms with Gasteiger partial charge in [-0.05, 0) is 37.5 Å². The minimum atomic E-state index is -0.465. The monoisotopic (exact) mass is 342 g/mol. The average molecular weight is 342 g/mol.